The Bertz CT molecular complexity index is 1430. The molecular weight excluding hydrogens is 472 g/mol. The second-order valence-electron chi connectivity index (χ2n) is 9.25. The highest BCUT2D eigenvalue weighted by Gasteiger charge is 2.22. The minimum Gasteiger partial charge on any atom is -0.399 e. The Morgan fingerprint density at radius 1 is 1.11 bits per heavy atom. The molecule has 4 aromatic rings. The van der Waals surface area contributed by atoms with Crippen molar-refractivity contribution in [1.82, 2.24) is 34.2 Å². The van der Waals surface area contributed by atoms with Gasteiger partial charge in [0.15, 0.2) is 11.2 Å². The van der Waals surface area contributed by atoms with E-state index in [2.05, 4.69) is 15.5 Å². The highest BCUT2D eigenvalue weighted by atomic mass is 16.3. The van der Waals surface area contributed by atoms with Crippen LogP contribution < -0.4 is 22.3 Å². The van der Waals surface area contributed by atoms with Gasteiger partial charge in [-0.1, -0.05) is 26.0 Å². The minimum atomic E-state index is -0.429. The van der Waals surface area contributed by atoms with Crippen LogP contribution in [0.5, 0.6) is 0 Å². The predicted molar refractivity (Wildman–Crippen MR) is 144 cm³/mol. The second kappa shape index (κ2) is 12.0. The molecule has 11 heteroatoms. The Balaban J connectivity index is 1.79. The molecule has 1 unspecified atom stereocenters. The Morgan fingerprint density at radius 2 is 1.95 bits per heavy atom. The average molecular weight is 509 g/mol. The van der Waals surface area contributed by atoms with Crippen LogP contribution in [0, 0.1) is 0 Å². The Hall–Kier alpha value is -3.70. The maximum Gasteiger partial charge on any atom is 0.332 e. The molecule has 3 heterocycles. The molecule has 0 saturated carbocycles. The van der Waals surface area contributed by atoms with Crippen molar-refractivity contribution in [3.63, 3.8) is 0 Å². The number of rotatable bonds is 13. The molecule has 0 bridgehead atoms. The zero-order valence-corrected chi connectivity index (χ0v) is 21.5. The summed E-state index contributed by atoms with van der Waals surface area (Å²) in [5, 5.41) is 20.2. The van der Waals surface area contributed by atoms with E-state index in [0.717, 1.165) is 11.3 Å². The van der Waals surface area contributed by atoms with E-state index in [0.29, 0.717) is 81.1 Å². The summed E-state index contributed by atoms with van der Waals surface area (Å²) in [7, 11) is 0. The molecule has 198 valence electrons. The number of nitrogens with two attached hydrogens (primary N) is 1. The highest BCUT2D eigenvalue weighted by molar-refractivity contribution is 5.71. The lowest BCUT2D eigenvalue weighted by Gasteiger charge is -2.14. The first kappa shape index (κ1) is 26.4. The van der Waals surface area contributed by atoms with Crippen molar-refractivity contribution >= 4 is 16.9 Å². The standard InChI is InChI=1S/C26H36N8O3/c1-3-12-34-25(36)23-24(33(26(34)37)13-9-18-6-5-7-19(27)15-18)30-22(16-20-8-10-29-31-20)32(23)14-11-28-17-21(35)4-2/h5-8,10,15,21,28,35H,3-4,9,11-14,16-17,27H2,1-2H3,(H,29,31). The van der Waals surface area contributed by atoms with E-state index in [4.69, 9.17) is 10.7 Å². The summed E-state index contributed by atoms with van der Waals surface area (Å²) in [6.07, 6.45) is 3.61. The third-order valence-corrected chi connectivity index (χ3v) is 6.48. The molecule has 11 nitrogen and oxygen atoms in total. The van der Waals surface area contributed by atoms with E-state index in [9.17, 15) is 14.7 Å². The fourth-order valence-corrected chi connectivity index (χ4v) is 4.48. The molecule has 0 aliphatic rings. The van der Waals surface area contributed by atoms with E-state index < -0.39 is 6.10 Å². The monoisotopic (exact) mass is 508 g/mol. The molecule has 0 aliphatic heterocycles. The number of aromatic nitrogens is 6. The molecule has 0 fully saturated rings. The van der Waals surface area contributed by atoms with Gasteiger partial charge in [0.05, 0.1) is 18.2 Å². The number of hydrogen-bond donors (Lipinski definition) is 4. The van der Waals surface area contributed by atoms with Crippen LogP contribution in [0.4, 0.5) is 5.69 Å². The van der Waals surface area contributed by atoms with Gasteiger partial charge in [-0.15, -0.1) is 0 Å². The van der Waals surface area contributed by atoms with Crippen LogP contribution in [0.25, 0.3) is 11.2 Å². The Morgan fingerprint density at radius 3 is 2.65 bits per heavy atom. The summed E-state index contributed by atoms with van der Waals surface area (Å²) in [4.78, 5) is 31.9. The van der Waals surface area contributed by atoms with Gasteiger partial charge in [0.1, 0.15) is 5.82 Å². The topological polar surface area (TPSA) is 149 Å². The summed E-state index contributed by atoms with van der Waals surface area (Å²) in [6, 6.07) is 9.44. The third-order valence-electron chi connectivity index (χ3n) is 6.48. The fourth-order valence-electron chi connectivity index (χ4n) is 4.48. The zero-order valence-electron chi connectivity index (χ0n) is 21.5. The lowest BCUT2D eigenvalue weighted by Crippen LogP contribution is -2.41. The van der Waals surface area contributed by atoms with Crippen molar-refractivity contribution in [2.24, 2.45) is 0 Å². The van der Waals surface area contributed by atoms with Crippen LogP contribution in [-0.2, 0) is 32.5 Å². The van der Waals surface area contributed by atoms with Gasteiger partial charge in [0.2, 0.25) is 0 Å². The van der Waals surface area contributed by atoms with Gasteiger partial charge in [-0.2, -0.15) is 5.10 Å². The number of nitrogen functional groups attached to an aromatic ring is 1. The molecule has 0 radical (unpaired) electrons. The van der Waals surface area contributed by atoms with Crippen LogP contribution in [-0.4, -0.2) is 53.2 Å². The fraction of sp³-hybridized carbons (Fsp3) is 0.462. The number of nitrogens with zero attached hydrogens (tertiary/aromatic N) is 5. The van der Waals surface area contributed by atoms with Crippen LogP contribution in [0.1, 0.15) is 43.8 Å². The zero-order chi connectivity index (χ0) is 26.4. The number of fused-ring (bicyclic) bond motifs is 1. The van der Waals surface area contributed by atoms with Crippen molar-refractivity contribution in [1.29, 1.82) is 0 Å². The van der Waals surface area contributed by atoms with E-state index in [-0.39, 0.29) is 11.2 Å². The van der Waals surface area contributed by atoms with E-state index in [1.807, 2.05) is 48.7 Å². The van der Waals surface area contributed by atoms with Crippen molar-refractivity contribution in [3.05, 3.63) is 74.4 Å². The van der Waals surface area contributed by atoms with Crippen molar-refractivity contribution in [2.45, 2.75) is 65.3 Å². The molecule has 37 heavy (non-hydrogen) atoms. The maximum atomic E-state index is 13.6. The molecule has 0 spiro atoms. The number of anilines is 1. The van der Waals surface area contributed by atoms with Gasteiger partial charge in [0, 0.05) is 44.6 Å². The Labute approximate surface area is 215 Å². The average Bonchev–Trinajstić information content (AvgIpc) is 3.52. The minimum absolute atomic E-state index is 0.326. The van der Waals surface area contributed by atoms with E-state index in [1.165, 1.54) is 4.57 Å². The summed E-state index contributed by atoms with van der Waals surface area (Å²) in [5.41, 5.74) is 8.49. The first-order chi connectivity index (χ1) is 17.9. The lowest BCUT2D eigenvalue weighted by atomic mass is 10.1. The van der Waals surface area contributed by atoms with Gasteiger partial charge in [-0.25, -0.2) is 9.78 Å². The molecule has 0 saturated heterocycles. The van der Waals surface area contributed by atoms with Crippen LogP contribution >= 0.6 is 0 Å². The normalized spacial score (nSPS) is 12.4. The van der Waals surface area contributed by atoms with Crippen molar-refractivity contribution in [2.75, 3.05) is 18.8 Å². The number of aliphatic hydroxyl groups excluding tert-OH is 1. The molecule has 1 atom stereocenters. The molecular formula is C26H36N8O3. The number of nitrogens with one attached hydrogen (secondary N) is 2. The highest BCUT2D eigenvalue weighted by Crippen LogP contribution is 2.16. The number of imidazole rings is 1. The first-order valence-electron chi connectivity index (χ1n) is 12.9. The molecule has 4 rings (SSSR count). The first-order valence-corrected chi connectivity index (χ1v) is 12.9. The van der Waals surface area contributed by atoms with Crippen LogP contribution in [0.2, 0.25) is 0 Å². The molecule has 1 aromatic carbocycles. The SMILES string of the molecule is CCCn1c(=O)c2c(nc(Cc3cc[nH]n3)n2CCNCC(O)CC)n(CCc2cccc(N)c2)c1=O. The number of aliphatic hydroxyl groups is 1. The summed E-state index contributed by atoms with van der Waals surface area (Å²) in [6.45, 7) is 6.01. The lowest BCUT2D eigenvalue weighted by molar-refractivity contribution is 0.167. The van der Waals surface area contributed by atoms with E-state index >= 15 is 0 Å². The van der Waals surface area contributed by atoms with Gasteiger partial charge in [-0.05, 0) is 43.0 Å². The molecule has 0 aliphatic carbocycles. The molecule has 3 aromatic heterocycles. The molecule has 0 amide bonds. The van der Waals surface area contributed by atoms with E-state index in [1.54, 1.807) is 10.8 Å². The number of H-pyrrole nitrogens is 1. The second-order valence-corrected chi connectivity index (χ2v) is 9.25. The summed E-state index contributed by atoms with van der Waals surface area (Å²) >= 11 is 0. The van der Waals surface area contributed by atoms with Gasteiger partial charge >= 0.3 is 5.69 Å². The smallest absolute Gasteiger partial charge is 0.332 e. The van der Waals surface area contributed by atoms with Gasteiger partial charge in [0.25, 0.3) is 5.56 Å². The quantitative estimate of drug-likeness (QED) is 0.157. The van der Waals surface area contributed by atoms with Crippen molar-refractivity contribution in [3.8, 4) is 0 Å². The number of aryl methyl sites for hydroxylation is 2. The van der Waals surface area contributed by atoms with Crippen LogP contribution in [0.3, 0.4) is 0 Å². The maximum absolute atomic E-state index is 13.6. The molecule has 5 N–H and O–H groups in total. The predicted octanol–water partition coefficient (Wildman–Crippen LogP) is 1.27. The largest absolute Gasteiger partial charge is 0.399 e. The van der Waals surface area contributed by atoms with Gasteiger partial charge in [-0.3, -0.25) is 19.0 Å². The number of aromatic amines is 1. The summed E-state index contributed by atoms with van der Waals surface area (Å²) < 4.78 is 4.81. The van der Waals surface area contributed by atoms with Crippen molar-refractivity contribution < 1.29 is 5.11 Å². The number of benzene rings is 1. The van der Waals surface area contributed by atoms with Crippen LogP contribution in [0.15, 0.2) is 46.1 Å². The van der Waals surface area contributed by atoms with Gasteiger partial charge < -0.3 is 20.7 Å². The number of hydrogen-bond acceptors (Lipinski definition) is 7. The Kier molecular flexibility index (Phi) is 8.57. The third kappa shape index (κ3) is 6.00. The summed E-state index contributed by atoms with van der Waals surface area (Å²) in [5.74, 6) is 0.656.